The molecule has 1 aliphatic heterocycles. The van der Waals surface area contributed by atoms with E-state index in [0.29, 0.717) is 35.9 Å². The van der Waals surface area contributed by atoms with Crippen LogP contribution in [-0.2, 0) is 9.59 Å². The van der Waals surface area contributed by atoms with Crippen LogP contribution in [0.25, 0.3) is 0 Å². The molecule has 0 saturated carbocycles. The van der Waals surface area contributed by atoms with Gasteiger partial charge in [0, 0.05) is 25.2 Å². The molecule has 1 atom stereocenters. The van der Waals surface area contributed by atoms with Crippen molar-refractivity contribution < 1.29 is 19.1 Å². The van der Waals surface area contributed by atoms with Gasteiger partial charge in [0.25, 0.3) is 0 Å². The Labute approximate surface area is 165 Å². The summed E-state index contributed by atoms with van der Waals surface area (Å²) in [6.45, 7) is 3.08. The van der Waals surface area contributed by atoms with Crippen LogP contribution in [-0.4, -0.2) is 36.9 Å². The predicted octanol–water partition coefficient (Wildman–Crippen LogP) is 4.07. The molecule has 6 nitrogen and oxygen atoms in total. The number of hydrogen-bond acceptors (Lipinski definition) is 4. The fourth-order valence-electron chi connectivity index (χ4n) is 3.32. The first-order valence-electron chi connectivity index (χ1n) is 9.60. The van der Waals surface area contributed by atoms with Gasteiger partial charge in [-0.2, -0.15) is 0 Å². The van der Waals surface area contributed by atoms with Crippen molar-refractivity contribution in [1.82, 2.24) is 4.90 Å². The van der Waals surface area contributed by atoms with E-state index in [2.05, 4.69) is 5.32 Å². The highest BCUT2D eigenvalue weighted by Gasteiger charge is 2.27. The van der Waals surface area contributed by atoms with Gasteiger partial charge in [0.1, 0.15) is 5.75 Å². The smallest absolute Gasteiger partial charge is 0.229 e. The molecule has 2 aromatic carbocycles. The average molecular weight is 382 g/mol. The number of methoxy groups -OCH3 is 1. The molecule has 0 radical (unpaired) electrons. The standard InChI is InChI=1S/C22H26N2O4/c1-3-21(25)24-14-6-7-16(15-24)22(26)23-17-10-12-18(13-11-17)28-20-9-5-4-8-19(20)27-2/h4-5,8-13,16H,3,6-7,14-15H2,1-2H3,(H,23,26). The van der Waals surface area contributed by atoms with Crippen LogP contribution < -0.4 is 14.8 Å². The van der Waals surface area contributed by atoms with E-state index < -0.39 is 0 Å². The summed E-state index contributed by atoms with van der Waals surface area (Å²) in [5.41, 5.74) is 0.705. The van der Waals surface area contributed by atoms with Crippen LogP contribution >= 0.6 is 0 Å². The molecule has 28 heavy (non-hydrogen) atoms. The van der Waals surface area contributed by atoms with E-state index in [1.54, 1.807) is 36.3 Å². The van der Waals surface area contributed by atoms with Crippen LogP contribution in [0.2, 0.25) is 0 Å². The maximum Gasteiger partial charge on any atom is 0.229 e. The second-order valence-corrected chi connectivity index (χ2v) is 6.80. The van der Waals surface area contributed by atoms with Gasteiger partial charge in [-0.1, -0.05) is 19.1 Å². The van der Waals surface area contributed by atoms with Crippen molar-refractivity contribution in [3.63, 3.8) is 0 Å². The highest BCUT2D eigenvalue weighted by atomic mass is 16.5. The number of nitrogens with zero attached hydrogens (tertiary/aromatic N) is 1. The number of carbonyl (C=O) groups excluding carboxylic acids is 2. The molecule has 1 N–H and O–H groups in total. The van der Waals surface area contributed by atoms with E-state index in [4.69, 9.17) is 9.47 Å². The van der Waals surface area contributed by atoms with Crippen LogP contribution in [0.3, 0.4) is 0 Å². The summed E-state index contributed by atoms with van der Waals surface area (Å²) < 4.78 is 11.1. The number of rotatable bonds is 6. The number of piperidine rings is 1. The Balaban J connectivity index is 1.59. The molecule has 0 spiro atoms. The fourth-order valence-corrected chi connectivity index (χ4v) is 3.32. The van der Waals surface area contributed by atoms with Crippen LogP contribution in [0.5, 0.6) is 17.2 Å². The van der Waals surface area contributed by atoms with Crippen LogP contribution in [0.4, 0.5) is 5.69 Å². The van der Waals surface area contributed by atoms with Gasteiger partial charge >= 0.3 is 0 Å². The van der Waals surface area contributed by atoms with Crippen molar-refractivity contribution in [3.05, 3.63) is 48.5 Å². The number of benzene rings is 2. The van der Waals surface area contributed by atoms with Crippen LogP contribution in [0, 0.1) is 5.92 Å². The molecular formula is C22H26N2O4. The lowest BCUT2D eigenvalue weighted by molar-refractivity contribution is -0.134. The lowest BCUT2D eigenvalue weighted by Crippen LogP contribution is -2.43. The topological polar surface area (TPSA) is 67.9 Å². The number of para-hydroxylation sites is 2. The Morgan fingerprint density at radius 3 is 2.50 bits per heavy atom. The molecule has 1 saturated heterocycles. The average Bonchev–Trinajstić information content (AvgIpc) is 2.75. The summed E-state index contributed by atoms with van der Waals surface area (Å²) in [4.78, 5) is 26.3. The minimum absolute atomic E-state index is 0.0491. The second-order valence-electron chi connectivity index (χ2n) is 6.80. The van der Waals surface area contributed by atoms with E-state index in [9.17, 15) is 9.59 Å². The van der Waals surface area contributed by atoms with Gasteiger partial charge in [-0.3, -0.25) is 9.59 Å². The zero-order chi connectivity index (χ0) is 19.9. The first-order valence-corrected chi connectivity index (χ1v) is 9.60. The quantitative estimate of drug-likeness (QED) is 0.818. The maximum absolute atomic E-state index is 12.6. The van der Waals surface area contributed by atoms with Crippen LogP contribution in [0.15, 0.2) is 48.5 Å². The molecular weight excluding hydrogens is 356 g/mol. The van der Waals surface area contributed by atoms with Crippen molar-refractivity contribution in [1.29, 1.82) is 0 Å². The number of anilines is 1. The first kappa shape index (κ1) is 19.7. The van der Waals surface area contributed by atoms with Gasteiger partial charge in [0.15, 0.2) is 11.5 Å². The number of ether oxygens (including phenoxy) is 2. The summed E-state index contributed by atoms with van der Waals surface area (Å²) in [5, 5.41) is 2.95. The molecule has 3 rings (SSSR count). The van der Waals surface area contributed by atoms with E-state index in [1.165, 1.54) is 0 Å². The van der Waals surface area contributed by atoms with Crippen molar-refractivity contribution in [2.75, 3.05) is 25.5 Å². The van der Waals surface area contributed by atoms with Crippen molar-refractivity contribution in [3.8, 4) is 17.2 Å². The van der Waals surface area contributed by atoms with Crippen LogP contribution in [0.1, 0.15) is 26.2 Å². The minimum atomic E-state index is -0.172. The lowest BCUT2D eigenvalue weighted by Gasteiger charge is -2.31. The molecule has 1 fully saturated rings. The third-order valence-electron chi connectivity index (χ3n) is 4.87. The Bertz CT molecular complexity index is 820. The van der Waals surface area contributed by atoms with Gasteiger partial charge in [-0.05, 0) is 49.2 Å². The lowest BCUT2D eigenvalue weighted by atomic mass is 9.96. The van der Waals surface area contributed by atoms with Gasteiger partial charge in [0.2, 0.25) is 11.8 Å². The number of carbonyl (C=O) groups is 2. The normalized spacial score (nSPS) is 16.4. The Kier molecular flexibility index (Phi) is 6.53. The summed E-state index contributed by atoms with van der Waals surface area (Å²) in [5.74, 6) is 1.82. The summed E-state index contributed by atoms with van der Waals surface area (Å²) in [6, 6.07) is 14.6. The van der Waals surface area contributed by atoms with E-state index in [1.807, 2.05) is 31.2 Å². The van der Waals surface area contributed by atoms with Gasteiger partial charge in [0.05, 0.1) is 13.0 Å². The summed E-state index contributed by atoms with van der Waals surface area (Å²) >= 11 is 0. The largest absolute Gasteiger partial charge is 0.493 e. The monoisotopic (exact) mass is 382 g/mol. The van der Waals surface area contributed by atoms with Gasteiger partial charge in [-0.25, -0.2) is 0 Å². The Morgan fingerprint density at radius 2 is 1.82 bits per heavy atom. The molecule has 2 amide bonds. The molecule has 0 aromatic heterocycles. The Morgan fingerprint density at radius 1 is 1.11 bits per heavy atom. The molecule has 6 heteroatoms. The maximum atomic E-state index is 12.6. The second kappa shape index (κ2) is 9.26. The fraction of sp³-hybridized carbons (Fsp3) is 0.364. The molecule has 1 heterocycles. The van der Waals surface area contributed by atoms with E-state index >= 15 is 0 Å². The molecule has 1 unspecified atom stereocenters. The molecule has 0 aliphatic carbocycles. The van der Waals surface area contributed by atoms with E-state index in [-0.39, 0.29) is 17.7 Å². The van der Waals surface area contributed by atoms with Crippen molar-refractivity contribution in [2.24, 2.45) is 5.92 Å². The van der Waals surface area contributed by atoms with Crippen molar-refractivity contribution in [2.45, 2.75) is 26.2 Å². The summed E-state index contributed by atoms with van der Waals surface area (Å²) in [7, 11) is 1.60. The summed E-state index contributed by atoms with van der Waals surface area (Å²) in [6.07, 6.45) is 2.13. The number of amides is 2. The van der Waals surface area contributed by atoms with Crippen molar-refractivity contribution >= 4 is 17.5 Å². The number of hydrogen-bond donors (Lipinski definition) is 1. The number of nitrogens with one attached hydrogen (secondary N) is 1. The molecule has 148 valence electrons. The SMILES string of the molecule is CCC(=O)N1CCCC(C(=O)Nc2ccc(Oc3ccccc3OC)cc2)C1. The molecule has 2 aromatic rings. The first-order chi connectivity index (χ1) is 13.6. The highest BCUT2D eigenvalue weighted by Crippen LogP contribution is 2.31. The predicted molar refractivity (Wildman–Crippen MR) is 108 cm³/mol. The van der Waals surface area contributed by atoms with Gasteiger partial charge < -0.3 is 19.7 Å². The van der Waals surface area contributed by atoms with E-state index in [0.717, 1.165) is 19.4 Å². The third-order valence-corrected chi connectivity index (χ3v) is 4.87. The Hall–Kier alpha value is -3.02. The number of likely N-dealkylation sites (tertiary alicyclic amines) is 1. The highest BCUT2D eigenvalue weighted by molar-refractivity contribution is 5.93. The minimum Gasteiger partial charge on any atom is -0.493 e. The zero-order valence-electron chi connectivity index (χ0n) is 16.3. The molecule has 0 bridgehead atoms. The molecule has 1 aliphatic rings. The third kappa shape index (κ3) is 4.82. The van der Waals surface area contributed by atoms with Gasteiger partial charge in [-0.15, -0.1) is 0 Å². The zero-order valence-corrected chi connectivity index (χ0v) is 16.3.